The molecule has 124 valence electrons. The number of para-hydroxylation sites is 1. The van der Waals surface area contributed by atoms with Crippen molar-refractivity contribution in [3.8, 4) is 0 Å². The number of hydrogen-bond acceptors (Lipinski definition) is 4. The van der Waals surface area contributed by atoms with Gasteiger partial charge in [0.1, 0.15) is 11.5 Å². The number of anilines is 2. The second kappa shape index (κ2) is 5.31. The summed E-state index contributed by atoms with van der Waals surface area (Å²) in [6.45, 7) is 0.898. The summed E-state index contributed by atoms with van der Waals surface area (Å²) in [5.41, 5.74) is 2.01. The molecule has 3 heterocycles. The molecule has 2 aliphatic heterocycles. The van der Waals surface area contributed by atoms with Gasteiger partial charge in [-0.3, -0.25) is 0 Å². The quantitative estimate of drug-likeness (QED) is 0.820. The van der Waals surface area contributed by atoms with E-state index < -0.39 is 11.9 Å². The molecule has 0 fully saturated rings. The number of nitrogens with one attached hydrogen (secondary N) is 2. The molecule has 0 aliphatic carbocycles. The Balaban J connectivity index is 1.91. The molecule has 2 aromatic rings. The van der Waals surface area contributed by atoms with Crippen molar-refractivity contribution in [3.05, 3.63) is 58.4 Å². The first-order chi connectivity index (χ1) is 11.4. The van der Waals surface area contributed by atoms with Crippen LogP contribution in [0.15, 0.2) is 42.1 Å². The summed E-state index contributed by atoms with van der Waals surface area (Å²) in [4.78, 5) is 5.58. The van der Waals surface area contributed by atoms with E-state index in [2.05, 4.69) is 15.6 Å². The normalized spacial score (nSPS) is 16.4. The Kier molecular flexibility index (Phi) is 3.35. The molecule has 0 radical (unpaired) electrons. The minimum Gasteiger partial charge on any atom is -0.368 e. The average molecular weight is 353 g/mol. The highest BCUT2D eigenvalue weighted by Gasteiger charge is 2.36. The van der Waals surface area contributed by atoms with Gasteiger partial charge in [-0.25, -0.2) is 4.98 Å². The summed E-state index contributed by atoms with van der Waals surface area (Å²) in [6, 6.07) is 9.48. The average Bonchev–Trinajstić information content (AvgIpc) is 3.02. The lowest BCUT2D eigenvalue weighted by atomic mass is 10.1. The van der Waals surface area contributed by atoms with Crippen LogP contribution in [0.5, 0.6) is 0 Å². The molecule has 0 bridgehead atoms. The summed E-state index contributed by atoms with van der Waals surface area (Å²) >= 11 is 6.25. The summed E-state index contributed by atoms with van der Waals surface area (Å²) in [5.74, 6) is 0.243. The van der Waals surface area contributed by atoms with Crippen LogP contribution in [-0.2, 0) is 6.18 Å². The summed E-state index contributed by atoms with van der Waals surface area (Å²) in [5, 5.41) is 6.80. The van der Waals surface area contributed by atoms with Gasteiger partial charge in [0.2, 0.25) is 0 Å². The standard InChI is InChI=1S/C16H12ClF3N4/c17-10-3-1-2-4-12(10)24-7-11-14(22-8-21-11)9-5-6-13(16(18,19)20)23-15(9)24/h1-6,21-22H,7-8H2. The maximum atomic E-state index is 13.1. The number of pyridine rings is 1. The SMILES string of the molecule is FC(F)(F)c1ccc2c(n1)N(c1ccccc1Cl)CC1=C2NCN1. The summed E-state index contributed by atoms with van der Waals surface area (Å²) in [7, 11) is 0. The number of rotatable bonds is 1. The molecule has 1 aromatic carbocycles. The van der Waals surface area contributed by atoms with E-state index >= 15 is 0 Å². The van der Waals surface area contributed by atoms with Crippen molar-refractivity contribution in [2.45, 2.75) is 6.18 Å². The van der Waals surface area contributed by atoms with Crippen molar-refractivity contribution in [1.29, 1.82) is 0 Å². The van der Waals surface area contributed by atoms with Gasteiger partial charge in [0.15, 0.2) is 0 Å². The number of aromatic nitrogens is 1. The molecular weight excluding hydrogens is 341 g/mol. The minimum absolute atomic E-state index is 0.243. The zero-order chi connectivity index (χ0) is 16.9. The van der Waals surface area contributed by atoms with Crippen LogP contribution in [0.4, 0.5) is 24.7 Å². The van der Waals surface area contributed by atoms with E-state index in [4.69, 9.17) is 11.6 Å². The molecule has 2 N–H and O–H groups in total. The van der Waals surface area contributed by atoms with Gasteiger partial charge in [-0.05, 0) is 24.3 Å². The number of benzene rings is 1. The molecule has 0 amide bonds. The van der Waals surface area contributed by atoms with E-state index in [1.165, 1.54) is 6.07 Å². The van der Waals surface area contributed by atoms with Gasteiger partial charge in [0.25, 0.3) is 0 Å². The first-order valence-corrected chi connectivity index (χ1v) is 7.64. The molecule has 0 spiro atoms. The predicted molar refractivity (Wildman–Crippen MR) is 85.8 cm³/mol. The second-order valence-corrected chi connectivity index (χ2v) is 5.89. The van der Waals surface area contributed by atoms with Crippen molar-refractivity contribution >= 4 is 28.8 Å². The van der Waals surface area contributed by atoms with E-state index in [-0.39, 0.29) is 5.82 Å². The van der Waals surface area contributed by atoms with Gasteiger partial charge in [-0.2, -0.15) is 13.2 Å². The molecule has 0 saturated heterocycles. The van der Waals surface area contributed by atoms with Crippen LogP contribution in [0.3, 0.4) is 0 Å². The maximum Gasteiger partial charge on any atom is 0.433 e. The fourth-order valence-corrected chi connectivity index (χ4v) is 3.17. The van der Waals surface area contributed by atoms with Crippen molar-refractivity contribution in [2.24, 2.45) is 0 Å². The Morgan fingerprint density at radius 1 is 1.08 bits per heavy atom. The lowest BCUT2D eigenvalue weighted by molar-refractivity contribution is -0.141. The van der Waals surface area contributed by atoms with Crippen LogP contribution in [0.1, 0.15) is 11.3 Å². The predicted octanol–water partition coefficient (Wildman–Crippen LogP) is 3.72. The van der Waals surface area contributed by atoms with E-state index in [0.717, 1.165) is 17.5 Å². The van der Waals surface area contributed by atoms with Gasteiger partial charge in [-0.1, -0.05) is 23.7 Å². The number of hydrogen-bond donors (Lipinski definition) is 2. The van der Waals surface area contributed by atoms with Gasteiger partial charge >= 0.3 is 6.18 Å². The number of fused-ring (bicyclic) bond motifs is 2. The molecule has 1 aromatic heterocycles. The van der Waals surface area contributed by atoms with Crippen LogP contribution < -0.4 is 15.5 Å². The molecule has 24 heavy (non-hydrogen) atoms. The highest BCUT2D eigenvalue weighted by atomic mass is 35.5. The lowest BCUT2D eigenvalue weighted by Crippen LogP contribution is -2.30. The Morgan fingerprint density at radius 2 is 1.88 bits per heavy atom. The van der Waals surface area contributed by atoms with Crippen molar-refractivity contribution in [1.82, 2.24) is 15.6 Å². The number of alkyl halides is 3. The molecule has 0 atom stereocenters. The third-order valence-corrected chi connectivity index (χ3v) is 4.34. The Labute approximate surface area is 140 Å². The van der Waals surface area contributed by atoms with Gasteiger partial charge in [0, 0.05) is 5.56 Å². The van der Waals surface area contributed by atoms with Crippen LogP contribution in [-0.4, -0.2) is 18.2 Å². The molecule has 0 saturated carbocycles. The topological polar surface area (TPSA) is 40.2 Å². The van der Waals surface area contributed by atoms with Crippen LogP contribution in [0, 0.1) is 0 Å². The molecule has 2 aliphatic rings. The number of nitrogens with zero attached hydrogens (tertiary/aromatic N) is 2. The molecule has 0 unspecified atom stereocenters. The van der Waals surface area contributed by atoms with Crippen molar-refractivity contribution < 1.29 is 13.2 Å². The lowest BCUT2D eigenvalue weighted by Gasteiger charge is -2.31. The molecule has 4 nitrogen and oxygen atoms in total. The number of halogens is 4. The maximum absolute atomic E-state index is 13.1. The minimum atomic E-state index is -4.50. The van der Waals surface area contributed by atoms with E-state index in [9.17, 15) is 13.2 Å². The highest BCUT2D eigenvalue weighted by molar-refractivity contribution is 6.33. The molecular formula is C16H12ClF3N4. The van der Waals surface area contributed by atoms with Crippen LogP contribution >= 0.6 is 11.6 Å². The van der Waals surface area contributed by atoms with E-state index in [0.29, 0.717) is 29.5 Å². The van der Waals surface area contributed by atoms with E-state index in [1.807, 2.05) is 0 Å². The van der Waals surface area contributed by atoms with Gasteiger partial charge < -0.3 is 15.5 Å². The zero-order valence-corrected chi connectivity index (χ0v) is 13.0. The first kappa shape index (κ1) is 15.1. The largest absolute Gasteiger partial charge is 0.433 e. The zero-order valence-electron chi connectivity index (χ0n) is 12.3. The molecule has 4 rings (SSSR count). The fraction of sp³-hybridized carbons (Fsp3) is 0.188. The van der Waals surface area contributed by atoms with Crippen LogP contribution in [0.2, 0.25) is 5.02 Å². The summed E-state index contributed by atoms with van der Waals surface area (Å²) < 4.78 is 39.3. The monoisotopic (exact) mass is 352 g/mol. The van der Waals surface area contributed by atoms with Crippen LogP contribution in [0.25, 0.3) is 5.70 Å². The van der Waals surface area contributed by atoms with Crippen molar-refractivity contribution in [3.63, 3.8) is 0 Å². The highest BCUT2D eigenvalue weighted by Crippen LogP contribution is 2.41. The third kappa shape index (κ3) is 2.36. The summed E-state index contributed by atoms with van der Waals surface area (Å²) in [6.07, 6.45) is -4.50. The fourth-order valence-electron chi connectivity index (χ4n) is 2.94. The third-order valence-electron chi connectivity index (χ3n) is 4.02. The smallest absolute Gasteiger partial charge is 0.368 e. The second-order valence-electron chi connectivity index (χ2n) is 5.49. The Bertz CT molecular complexity index is 847. The van der Waals surface area contributed by atoms with Crippen molar-refractivity contribution in [2.75, 3.05) is 18.1 Å². The van der Waals surface area contributed by atoms with Gasteiger partial charge in [-0.15, -0.1) is 0 Å². The Hall–Kier alpha value is -2.41. The Morgan fingerprint density at radius 3 is 2.62 bits per heavy atom. The molecule has 8 heteroatoms. The van der Waals surface area contributed by atoms with Gasteiger partial charge in [0.05, 0.1) is 35.3 Å². The first-order valence-electron chi connectivity index (χ1n) is 7.27. The van der Waals surface area contributed by atoms with E-state index in [1.54, 1.807) is 29.2 Å².